The minimum Gasteiger partial charge on any atom is -0.460 e. The first kappa shape index (κ1) is 98.5. The zero-order chi connectivity index (χ0) is 96.4. The largest absolute Gasteiger partial charge is 0.460 e. The maximum atomic E-state index is 13.8. The van der Waals surface area contributed by atoms with Gasteiger partial charge in [-0.2, -0.15) is 0 Å². The number of aryl methyl sites for hydroxylation is 6. The molecule has 0 saturated carbocycles. The van der Waals surface area contributed by atoms with Crippen LogP contribution in [0.1, 0.15) is 141 Å². The number of ketones is 2. The van der Waals surface area contributed by atoms with Gasteiger partial charge in [0.2, 0.25) is 0 Å². The summed E-state index contributed by atoms with van der Waals surface area (Å²) in [7, 11) is 0. The summed E-state index contributed by atoms with van der Waals surface area (Å²) in [6.07, 6.45) is 6.98. The average Bonchev–Trinajstić information content (AvgIpc) is 1.61. The Hall–Kier alpha value is -13.5. The molecule has 15 aromatic rings. The number of amides is 3. The number of nitrogen functional groups attached to an aromatic ring is 1. The standard InChI is InChI=1S/C37H33F3N2O3.C36H32F3N3O3.C27H23F3N2O2.C7H10N2.CH2Cl2/c1-24-2-3-25(23-41-24)4-13-32(43)14-15-33-21-30-20-29(22-34(35(30)45-33)27-9-11-31(38)12-10-27)26-5-7-28(8-6-26)36(44)42-18-16-37(39,40)17-19-42;37-29-9-7-25(8-10-29)32-21-27(24-3-5-26(6-4-24)35(44)42-17-15-36(38,39)16-18-42)19-28-20-31(45-34(28)32)13-12-30(43)11-1-23-2-14-33(40)41-22-23;28-22-7-5-18(6-8-22)24-15-20(13-21-14-23(16-31)34-25(21)24)17-1-3-19(4-2-17)26(33)32-11-9-27(29,30)10-12-32;1-6-2-3-7(4-8)5-9-6;2-1-3/h2-3,5-12,20-23H,4,13-19H2,1H3;2-10,14,19-22H,1,11-13,15-18H2,(H2,40,41);1-8,13-15H,9-12,16,31H2;2-3,5H,4,8H2,1H3;1H2. The second-order valence-electron chi connectivity index (χ2n) is 34.0. The molecule has 6 aromatic heterocycles. The fourth-order valence-electron chi connectivity index (χ4n) is 16.3. The molecule has 6 N–H and O–H groups in total. The Bertz CT molecular complexity index is 6360. The second kappa shape index (κ2) is 44.8. The lowest BCUT2D eigenvalue weighted by atomic mass is 9.96. The number of furan rings is 3. The Morgan fingerprint density at radius 3 is 0.904 bits per heavy atom. The van der Waals surface area contributed by atoms with Crippen molar-refractivity contribution in [1.82, 2.24) is 29.7 Å². The molecule has 702 valence electrons. The number of nitrogens with zero attached hydrogens (tertiary/aromatic N) is 6. The number of alkyl halides is 8. The van der Waals surface area contributed by atoms with Gasteiger partial charge in [0.1, 0.15) is 68.9 Å². The van der Waals surface area contributed by atoms with Crippen LogP contribution in [0.3, 0.4) is 0 Å². The van der Waals surface area contributed by atoms with E-state index in [0.717, 1.165) is 111 Å². The van der Waals surface area contributed by atoms with E-state index in [9.17, 15) is 63.5 Å². The summed E-state index contributed by atoms with van der Waals surface area (Å²) in [6, 6.07) is 68.9. The van der Waals surface area contributed by atoms with Gasteiger partial charge in [0, 0.05) is 202 Å². The van der Waals surface area contributed by atoms with Gasteiger partial charge in [-0.25, -0.2) is 44.5 Å². The smallest absolute Gasteiger partial charge is 0.253 e. The topological polar surface area (TPSA) is 251 Å². The van der Waals surface area contributed by atoms with E-state index in [1.54, 1.807) is 97.5 Å². The Balaban J connectivity index is 0.000000155. The fourth-order valence-corrected chi connectivity index (χ4v) is 16.3. The first-order valence-corrected chi connectivity index (χ1v) is 45.8. The van der Waals surface area contributed by atoms with Gasteiger partial charge < -0.3 is 45.2 Å². The van der Waals surface area contributed by atoms with Crippen molar-refractivity contribution in [3.8, 4) is 66.8 Å². The van der Waals surface area contributed by atoms with Crippen molar-refractivity contribution in [2.45, 2.75) is 135 Å². The predicted molar refractivity (Wildman–Crippen MR) is 514 cm³/mol. The highest BCUT2D eigenvalue weighted by molar-refractivity contribution is 6.40. The summed E-state index contributed by atoms with van der Waals surface area (Å²) in [5.74, 6) is -7.24. The molecule has 3 fully saturated rings. The van der Waals surface area contributed by atoms with Gasteiger partial charge in [-0.3, -0.25) is 33.9 Å². The third kappa shape index (κ3) is 26.1. The molecule has 0 aliphatic carbocycles. The van der Waals surface area contributed by atoms with Crippen LogP contribution in [0.15, 0.2) is 268 Å². The number of hydrogen-bond donors (Lipinski definition) is 3. The number of Topliss-reactive ketones (excluding diaryl/α,β-unsaturated/α-hetero) is 2. The number of rotatable bonds is 23. The molecule has 0 atom stereocenters. The quantitative estimate of drug-likeness (QED) is 0.0398. The van der Waals surface area contributed by atoms with Crippen LogP contribution in [0.2, 0.25) is 0 Å². The minimum absolute atomic E-state index is 0.0275. The fraction of sp³-hybridized carbons (Fsp3) is 0.259. The minimum atomic E-state index is -2.72. The molecular formula is C108H100Cl2F9N9O8. The average molecular weight is 1890 g/mol. The Kier molecular flexibility index (Phi) is 32.4. The van der Waals surface area contributed by atoms with Gasteiger partial charge in [-0.05, 0) is 239 Å². The molecule has 0 radical (unpaired) electrons. The normalized spacial score (nSPS) is 14.3. The number of piperidine rings is 3. The Labute approximate surface area is 790 Å². The lowest BCUT2D eigenvalue weighted by molar-refractivity contribution is -0.119. The SMILES string of the molecule is Cc1ccc(CCC(=O)CCc2cc3cc(-c4ccc(C(=O)N5CCC(F)(F)CC5)cc4)cc(-c4ccc(F)cc4)c3o2)cn1.Cc1ccc(CN)cn1.ClCCl.NCc1cc2cc(-c3ccc(C(=O)N4CCC(F)(F)CC4)cc3)cc(-c3ccc(F)cc3)c2o1.Nc1ccc(CCC(=O)CCc2cc3cc(-c4ccc(C(=O)N5CCC(F)(F)CC5)cc4)cc(-c4ccc(F)cc4)c3o2)cn1. The van der Waals surface area contributed by atoms with E-state index in [0.29, 0.717) is 114 Å². The zero-order valence-corrected chi connectivity index (χ0v) is 76.4. The predicted octanol–water partition coefficient (Wildman–Crippen LogP) is 25.0. The van der Waals surface area contributed by atoms with Crippen molar-refractivity contribution >= 4 is 91.2 Å². The summed E-state index contributed by atoms with van der Waals surface area (Å²) < 4.78 is 141. The molecule has 17 nitrogen and oxygen atoms in total. The van der Waals surface area contributed by atoms with E-state index in [-0.39, 0.29) is 136 Å². The van der Waals surface area contributed by atoms with E-state index in [2.05, 4.69) is 15.0 Å². The highest BCUT2D eigenvalue weighted by Crippen LogP contribution is 2.42. The lowest BCUT2D eigenvalue weighted by Gasteiger charge is -2.31. The number of pyridine rings is 3. The first-order valence-electron chi connectivity index (χ1n) is 44.7. The zero-order valence-electron chi connectivity index (χ0n) is 74.9. The van der Waals surface area contributed by atoms with Crippen molar-refractivity contribution < 1.29 is 76.7 Å². The number of aromatic nitrogens is 3. The molecular weight excluding hydrogens is 1790 g/mol. The lowest BCUT2D eigenvalue weighted by Crippen LogP contribution is -2.42. The highest BCUT2D eigenvalue weighted by Gasteiger charge is 2.39. The van der Waals surface area contributed by atoms with Gasteiger partial charge in [-0.1, -0.05) is 91.0 Å². The third-order valence-electron chi connectivity index (χ3n) is 24.1. The Morgan fingerprint density at radius 1 is 0.338 bits per heavy atom. The van der Waals surface area contributed by atoms with Gasteiger partial charge in [0.05, 0.1) is 11.9 Å². The van der Waals surface area contributed by atoms with Crippen LogP contribution >= 0.6 is 23.2 Å². The number of halogens is 11. The van der Waals surface area contributed by atoms with Gasteiger partial charge in [0.15, 0.2) is 0 Å². The third-order valence-corrected chi connectivity index (χ3v) is 24.1. The van der Waals surface area contributed by atoms with Crippen molar-refractivity contribution in [1.29, 1.82) is 0 Å². The molecule has 3 aliphatic heterocycles. The van der Waals surface area contributed by atoms with Crippen molar-refractivity contribution in [3.05, 3.63) is 335 Å². The molecule has 3 aliphatic rings. The van der Waals surface area contributed by atoms with E-state index < -0.39 is 17.8 Å². The molecule has 0 unspecified atom stereocenters. The van der Waals surface area contributed by atoms with Crippen LogP contribution in [0.25, 0.3) is 99.7 Å². The Morgan fingerprint density at radius 2 is 0.618 bits per heavy atom. The highest BCUT2D eigenvalue weighted by atomic mass is 35.5. The number of nitrogens with two attached hydrogens (primary N) is 3. The number of carbonyl (C=O) groups is 5. The molecule has 3 saturated heterocycles. The van der Waals surface area contributed by atoms with E-state index in [4.69, 9.17) is 53.7 Å². The van der Waals surface area contributed by atoms with Gasteiger partial charge in [-0.15, -0.1) is 23.2 Å². The van der Waals surface area contributed by atoms with Gasteiger partial charge >= 0.3 is 0 Å². The summed E-state index contributed by atoms with van der Waals surface area (Å²) in [5.41, 5.74) is 35.0. The number of likely N-dealkylation sites (tertiary alicyclic amines) is 3. The number of carbonyl (C=O) groups excluding carboxylic acids is 5. The number of benzene rings is 9. The molecule has 28 heteroatoms. The van der Waals surface area contributed by atoms with Crippen LogP contribution < -0.4 is 17.2 Å². The van der Waals surface area contributed by atoms with Crippen molar-refractivity contribution in [3.63, 3.8) is 0 Å². The maximum absolute atomic E-state index is 13.8. The van der Waals surface area contributed by atoms with E-state index >= 15 is 0 Å². The monoisotopic (exact) mass is 1890 g/mol. The van der Waals surface area contributed by atoms with Crippen molar-refractivity contribution in [2.75, 3.05) is 50.3 Å². The van der Waals surface area contributed by atoms with Crippen molar-refractivity contribution in [2.24, 2.45) is 11.5 Å². The summed E-state index contributed by atoms with van der Waals surface area (Å²) >= 11 is 9.53. The molecule has 0 spiro atoms. The summed E-state index contributed by atoms with van der Waals surface area (Å²) in [4.78, 5) is 80.8. The molecule has 3 amide bonds. The van der Waals surface area contributed by atoms with Gasteiger partial charge in [0.25, 0.3) is 35.5 Å². The first-order chi connectivity index (χ1) is 65.3. The maximum Gasteiger partial charge on any atom is 0.253 e. The van der Waals surface area contributed by atoms with E-state index in [1.165, 1.54) is 51.1 Å². The summed E-state index contributed by atoms with van der Waals surface area (Å²) in [5, 5.41) is 2.73. The number of hydrogen-bond acceptors (Lipinski definition) is 14. The van der Waals surface area contributed by atoms with Crippen LogP contribution in [0.5, 0.6) is 0 Å². The molecule has 9 heterocycles. The molecule has 0 bridgehead atoms. The molecule has 136 heavy (non-hydrogen) atoms. The van der Waals surface area contributed by atoms with Crippen LogP contribution in [0.4, 0.5) is 45.3 Å². The molecule has 9 aromatic carbocycles. The summed E-state index contributed by atoms with van der Waals surface area (Å²) in [6.45, 7) is 4.94. The van der Waals surface area contributed by atoms with Crippen LogP contribution in [-0.4, -0.2) is 121 Å². The van der Waals surface area contributed by atoms with Crippen LogP contribution in [0, 0.1) is 31.3 Å². The van der Waals surface area contributed by atoms with Crippen LogP contribution in [-0.2, 0) is 48.4 Å². The molecule has 18 rings (SSSR count). The number of anilines is 1. The van der Waals surface area contributed by atoms with E-state index in [1.807, 2.05) is 135 Å². The number of fused-ring (bicyclic) bond motifs is 3. The second-order valence-corrected chi connectivity index (χ2v) is 34.8.